The summed E-state index contributed by atoms with van der Waals surface area (Å²) in [5, 5.41) is 16.0. The summed E-state index contributed by atoms with van der Waals surface area (Å²) in [5.74, 6) is 0.796. The summed E-state index contributed by atoms with van der Waals surface area (Å²) in [7, 11) is 0. The minimum Gasteiger partial charge on any atom is -0.449 e. The van der Waals surface area contributed by atoms with E-state index >= 15 is 0 Å². The fourth-order valence-electron chi connectivity index (χ4n) is 2.70. The lowest BCUT2D eigenvalue weighted by Gasteiger charge is -2.23. The number of benzene rings is 1. The van der Waals surface area contributed by atoms with Crippen molar-refractivity contribution >= 4 is 17.5 Å². The van der Waals surface area contributed by atoms with Gasteiger partial charge in [0.05, 0.1) is 6.61 Å². The van der Waals surface area contributed by atoms with Crippen molar-refractivity contribution in [2.75, 3.05) is 36.5 Å². The van der Waals surface area contributed by atoms with Crippen LogP contribution in [0.2, 0.25) is 0 Å². The number of carbonyl (C=O) groups is 1. The molecule has 0 spiro atoms. The molecular formula is C18H27N5O3. The van der Waals surface area contributed by atoms with Crippen LogP contribution in [0.15, 0.2) is 24.5 Å². The van der Waals surface area contributed by atoms with Crippen molar-refractivity contribution in [2.24, 2.45) is 0 Å². The molecule has 8 heteroatoms. The first-order valence-electron chi connectivity index (χ1n) is 8.85. The first-order valence-corrected chi connectivity index (χ1v) is 8.85. The van der Waals surface area contributed by atoms with E-state index in [9.17, 15) is 4.79 Å². The average molecular weight is 361 g/mol. The average Bonchev–Trinajstić information content (AvgIpc) is 3.09. The van der Waals surface area contributed by atoms with E-state index in [1.165, 1.54) is 6.33 Å². The Kier molecular flexibility index (Phi) is 7.40. The maximum Gasteiger partial charge on any atom is 0.411 e. The first-order chi connectivity index (χ1) is 12.6. The Bertz CT molecular complexity index is 717. The van der Waals surface area contributed by atoms with Gasteiger partial charge in [-0.15, -0.1) is 0 Å². The van der Waals surface area contributed by atoms with Gasteiger partial charge in [-0.2, -0.15) is 5.10 Å². The molecular weight excluding hydrogens is 334 g/mol. The highest BCUT2D eigenvalue weighted by Gasteiger charge is 2.10. The number of aliphatic hydroxyl groups is 1. The number of aromatic nitrogens is 3. The minimum absolute atomic E-state index is 0.102. The fraction of sp³-hybridized carbons (Fsp3) is 0.500. The van der Waals surface area contributed by atoms with E-state index in [1.807, 2.05) is 39.0 Å². The van der Waals surface area contributed by atoms with E-state index in [2.05, 4.69) is 20.3 Å². The van der Waals surface area contributed by atoms with Crippen LogP contribution in [0, 0.1) is 6.92 Å². The molecule has 0 aliphatic heterocycles. The van der Waals surface area contributed by atoms with Gasteiger partial charge in [-0.05, 0) is 44.5 Å². The van der Waals surface area contributed by atoms with Crippen molar-refractivity contribution in [1.82, 2.24) is 14.8 Å². The van der Waals surface area contributed by atoms with E-state index in [4.69, 9.17) is 9.84 Å². The van der Waals surface area contributed by atoms with Gasteiger partial charge >= 0.3 is 6.09 Å². The van der Waals surface area contributed by atoms with Crippen LogP contribution in [0.3, 0.4) is 0 Å². The molecule has 1 amide bonds. The van der Waals surface area contributed by atoms with Crippen LogP contribution >= 0.6 is 0 Å². The summed E-state index contributed by atoms with van der Waals surface area (Å²) in [5.41, 5.74) is 2.65. The lowest BCUT2D eigenvalue weighted by atomic mass is 10.1. The number of anilines is 2. The SMILES string of the molecule is CCN(CCO)c1ccc(NC(=O)OCCc2ncnn2CC)c(C)c1. The van der Waals surface area contributed by atoms with Gasteiger partial charge in [0.15, 0.2) is 0 Å². The third-order valence-corrected chi connectivity index (χ3v) is 4.12. The molecule has 0 atom stereocenters. The number of ether oxygens (including phenoxy) is 1. The van der Waals surface area contributed by atoms with Crippen LogP contribution in [0.4, 0.5) is 16.2 Å². The number of rotatable bonds is 9. The zero-order chi connectivity index (χ0) is 18.9. The molecule has 0 fully saturated rings. The van der Waals surface area contributed by atoms with Crippen molar-refractivity contribution in [3.8, 4) is 0 Å². The smallest absolute Gasteiger partial charge is 0.411 e. The first kappa shape index (κ1) is 19.7. The second-order valence-corrected chi connectivity index (χ2v) is 5.81. The summed E-state index contributed by atoms with van der Waals surface area (Å²) in [6.45, 7) is 8.40. The predicted octanol–water partition coefficient (Wildman–Crippen LogP) is 2.22. The molecule has 0 saturated carbocycles. The Balaban J connectivity index is 1.88. The Morgan fingerprint density at radius 3 is 2.85 bits per heavy atom. The highest BCUT2D eigenvalue weighted by molar-refractivity contribution is 5.86. The lowest BCUT2D eigenvalue weighted by Crippen LogP contribution is -2.26. The number of likely N-dealkylation sites (N-methyl/N-ethyl adjacent to an activating group) is 1. The maximum absolute atomic E-state index is 12.0. The van der Waals surface area contributed by atoms with Gasteiger partial charge in [0.1, 0.15) is 18.8 Å². The number of hydrogen-bond donors (Lipinski definition) is 2. The highest BCUT2D eigenvalue weighted by atomic mass is 16.5. The van der Waals surface area contributed by atoms with Crippen molar-refractivity contribution in [3.05, 3.63) is 35.9 Å². The van der Waals surface area contributed by atoms with Gasteiger partial charge in [-0.1, -0.05) is 0 Å². The fourth-order valence-corrected chi connectivity index (χ4v) is 2.70. The van der Waals surface area contributed by atoms with Crippen LogP contribution in [-0.2, 0) is 17.7 Å². The summed E-state index contributed by atoms with van der Waals surface area (Å²) >= 11 is 0. The second kappa shape index (κ2) is 9.76. The van der Waals surface area contributed by atoms with Crippen LogP contribution in [0.1, 0.15) is 25.2 Å². The summed E-state index contributed by atoms with van der Waals surface area (Å²) < 4.78 is 7.01. The van der Waals surface area contributed by atoms with Gasteiger partial charge in [-0.25, -0.2) is 9.78 Å². The van der Waals surface area contributed by atoms with E-state index < -0.39 is 6.09 Å². The molecule has 8 nitrogen and oxygen atoms in total. The monoisotopic (exact) mass is 361 g/mol. The predicted molar refractivity (Wildman–Crippen MR) is 101 cm³/mol. The molecule has 1 heterocycles. The number of nitrogens with one attached hydrogen (secondary N) is 1. The van der Waals surface area contributed by atoms with Crippen LogP contribution in [0.25, 0.3) is 0 Å². The van der Waals surface area contributed by atoms with E-state index in [-0.39, 0.29) is 13.2 Å². The zero-order valence-electron chi connectivity index (χ0n) is 15.6. The Labute approximate surface area is 153 Å². The number of hydrogen-bond acceptors (Lipinski definition) is 6. The number of amides is 1. The van der Waals surface area contributed by atoms with Crippen molar-refractivity contribution in [2.45, 2.75) is 33.7 Å². The highest BCUT2D eigenvalue weighted by Crippen LogP contribution is 2.22. The molecule has 2 rings (SSSR count). The van der Waals surface area contributed by atoms with Crippen LogP contribution < -0.4 is 10.2 Å². The Morgan fingerprint density at radius 1 is 1.38 bits per heavy atom. The van der Waals surface area contributed by atoms with E-state index in [1.54, 1.807) is 4.68 Å². The zero-order valence-corrected chi connectivity index (χ0v) is 15.6. The normalized spacial score (nSPS) is 10.6. The van der Waals surface area contributed by atoms with Gasteiger partial charge in [0.2, 0.25) is 0 Å². The van der Waals surface area contributed by atoms with Gasteiger partial charge in [0.25, 0.3) is 0 Å². The van der Waals surface area contributed by atoms with Crippen molar-refractivity contribution < 1.29 is 14.6 Å². The molecule has 0 aliphatic carbocycles. The molecule has 0 saturated heterocycles. The Morgan fingerprint density at radius 2 is 2.19 bits per heavy atom. The maximum atomic E-state index is 12.0. The topological polar surface area (TPSA) is 92.5 Å². The third-order valence-electron chi connectivity index (χ3n) is 4.12. The number of aryl methyl sites for hydroxylation is 2. The van der Waals surface area contributed by atoms with Crippen LogP contribution in [0.5, 0.6) is 0 Å². The van der Waals surface area contributed by atoms with Gasteiger partial charge in [-0.3, -0.25) is 10.00 Å². The van der Waals surface area contributed by atoms with Gasteiger partial charge in [0, 0.05) is 37.4 Å². The lowest BCUT2D eigenvalue weighted by molar-refractivity contribution is 0.162. The summed E-state index contributed by atoms with van der Waals surface area (Å²) in [6, 6.07) is 5.75. The largest absolute Gasteiger partial charge is 0.449 e. The van der Waals surface area contributed by atoms with Gasteiger partial charge < -0.3 is 14.7 Å². The summed E-state index contributed by atoms with van der Waals surface area (Å²) in [6.07, 6.45) is 1.53. The molecule has 0 radical (unpaired) electrons. The molecule has 2 aromatic rings. The molecule has 0 unspecified atom stereocenters. The third kappa shape index (κ3) is 5.19. The van der Waals surface area contributed by atoms with E-state index in [0.717, 1.165) is 30.2 Å². The number of aliphatic hydroxyl groups excluding tert-OH is 1. The molecule has 26 heavy (non-hydrogen) atoms. The number of carbonyl (C=O) groups excluding carboxylic acids is 1. The number of nitrogens with zero attached hydrogens (tertiary/aromatic N) is 4. The molecule has 1 aromatic heterocycles. The van der Waals surface area contributed by atoms with Crippen molar-refractivity contribution in [1.29, 1.82) is 0 Å². The second-order valence-electron chi connectivity index (χ2n) is 5.81. The molecule has 2 N–H and O–H groups in total. The summed E-state index contributed by atoms with van der Waals surface area (Å²) in [4.78, 5) is 18.2. The van der Waals surface area contributed by atoms with Crippen LogP contribution in [-0.4, -0.2) is 52.3 Å². The Hall–Kier alpha value is -2.61. The molecule has 0 bridgehead atoms. The van der Waals surface area contributed by atoms with Crippen molar-refractivity contribution in [3.63, 3.8) is 0 Å². The standard InChI is InChI=1S/C18H27N5O3/c1-4-22(9-10-24)15-6-7-16(14(3)12-15)21-18(25)26-11-8-17-19-13-20-23(17)5-2/h6-7,12-13,24H,4-5,8-11H2,1-3H3,(H,21,25). The molecule has 0 aliphatic rings. The quantitative estimate of drug-likeness (QED) is 0.711. The van der Waals surface area contributed by atoms with E-state index in [0.29, 0.717) is 18.7 Å². The molecule has 142 valence electrons. The minimum atomic E-state index is -0.494. The molecule has 1 aromatic carbocycles.